The highest BCUT2D eigenvalue weighted by Crippen LogP contribution is 2.36. The van der Waals surface area contributed by atoms with E-state index < -0.39 is 0 Å². The van der Waals surface area contributed by atoms with Crippen LogP contribution in [0, 0.1) is 3.57 Å². The fraction of sp³-hybridized carbons (Fsp3) is 0.0769. The fourth-order valence-corrected chi connectivity index (χ4v) is 3.07. The van der Waals surface area contributed by atoms with Crippen molar-refractivity contribution in [3.05, 3.63) is 51.1 Å². The second-order valence-electron chi connectivity index (χ2n) is 3.82. The molecular weight excluding hydrogens is 314 g/mol. The van der Waals surface area contributed by atoms with E-state index in [2.05, 4.69) is 68.2 Å². The second kappa shape index (κ2) is 3.57. The van der Waals surface area contributed by atoms with Gasteiger partial charge in [-0.25, -0.2) is 0 Å². The maximum atomic E-state index is 2.87. The van der Waals surface area contributed by atoms with E-state index in [-0.39, 0.29) is 0 Å². The summed E-state index contributed by atoms with van der Waals surface area (Å²) in [6, 6.07) is 13.1. The number of halogens is 1. The molecule has 0 saturated carbocycles. The lowest BCUT2D eigenvalue weighted by Crippen LogP contribution is -2.04. The van der Waals surface area contributed by atoms with Gasteiger partial charge in [-0.15, -0.1) is 9.24 Å². The summed E-state index contributed by atoms with van der Waals surface area (Å²) < 4.78 is 1.34. The molecule has 0 amide bonds. The Morgan fingerprint density at radius 3 is 2.67 bits per heavy atom. The van der Waals surface area contributed by atoms with Crippen molar-refractivity contribution in [1.29, 1.82) is 0 Å². The maximum absolute atomic E-state index is 2.87. The number of hydrogen-bond acceptors (Lipinski definition) is 0. The minimum Gasteiger partial charge on any atom is -0.104 e. The summed E-state index contributed by atoms with van der Waals surface area (Å²) in [5.41, 5.74) is 5.76. The van der Waals surface area contributed by atoms with Crippen molar-refractivity contribution in [1.82, 2.24) is 0 Å². The van der Waals surface area contributed by atoms with Crippen LogP contribution in [0.2, 0.25) is 0 Å². The van der Waals surface area contributed by atoms with Crippen LogP contribution in [0.15, 0.2) is 36.4 Å². The first kappa shape index (κ1) is 9.80. The van der Waals surface area contributed by atoms with Crippen molar-refractivity contribution < 1.29 is 0 Å². The standard InChI is InChI=1S/C13H10IP/c14-12-6-5-10-9-4-2-1-3-8(9)7-11(10)13(12)15/h1-6H,7,15H2. The third-order valence-electron chi connectivity index (χ3n) is 2.98. The molecule has 1 atom stereocenters. The summed E-state index contributed by atoms with van der Waals surface area (Å²) in [4.78, 5) is 0. The van der Waals surface area contributed by atoms with Crippen LogP contribution in [0.5, 0.6) is 0 Å². The predicted molar refractivity (Wildman–Crippen MR) is 76.7 cm³/mol. The Morgan fingerprint density at radius 2 is 1.80 bits per heavy atom. The van der Waals surface area contributed by atoms with Crippen molar-refractivity contribution in [3.63, 3.8) is 0 Å². The zero-order chi connectivity index (χ0) is 10.4. The van der Waals surface area contributed by atoms with Crippen LogP contribution in [-0.4, -0.2) is 0 Å². The van der Waals surface area contributed by atoms with Crippen molar-refractivity contribution in [2.75, 3.05) is 0 Å². The predicted octanol–water partition coefficient (Wildman–Crippen LogP) is 3.36. The van der Waals surface area contributed by atoms with E-state index in [1.54, 1.807) is 0 Å². The lowest BCUT2D eigenvalue weighted by Gasteiger charge is -2.05. The number of benzene rings is 2. The van der Waals surface area contributed by atoms with Crippen LogP contribution >= 0.6 is 31.8 Å². The fourth-order valence-electron chi connectivity index (χ4n) is 2.21. The molecular formula is C13H10IP. The van der Waals surface area contributed by atoms with Crippen molar-refractivity contribution in [2.24, 2.45) is 0 Å². The second-order valence-corrected chi connectivity index (χ2v) is 5.56. The summed E-state index contributed by atoms with van der Waals surface area (Å²) in [6.45, 7) is 0. The van der Waals surface area contributed by atoms with Crippen LogP contribution in [0.1, 0.15) is 11.1 Å². The van der Waals surface area contributed by atoms with Gasteiger partial charge in [-0.2, -0.15) is 0 Å². The molecule has 0 spiro atoms. The summed E-state index contributed by atoms with van der Waals surface area (Å²) in [5.74, 6) is 0. The van der Waals surface area contributed by atoms with E-state index in [4.69, 9.17) is 0 Å². The van der Waals surface area contributed by atoms with Crippen LogP contribution in [0.25, 0.3) is 11.1 Å². The van der Waals surface area contributed by atoms with Gasteiger partial charge < -0.3 is 0 Å². The van der Waals surface area contributed by atoms with Gasteiger partial charge in [0.15, 0.2) is 0 Å². The van der Waals surface area contributed by atoms with Gasteiger partial charge in [0.25, 0.3) is 0 Å². The van der Waals surface area contributed by atoms with E-state index in [9.17, 15) is 0 Å². The number of fused-ring (bicyclic) bond motifs is 3. The molecule has 3 rings (SSSR count). The molecule has 2 heteroatoms. The average Bonchev–Trinajstić information content (AvgIpc) is 2.63. The zero-order valence-corrected chi connectivity index (χ0v) is 11.4. The Hall–Kier alpha value is -0.400. The van der Waals surface area contributed by atoms with Crippen LogP contribution < -0.4 is 5.30 Å². The summed E-state index contributed by atoms with van der Waals surface area (Å²) in [5, 5.41) is 1.37. The third-order valence-corrected chi connectivity index (χ3v) is 5.17. The van der Waals surface area contributed by atoms with E-state index in [0.717, 1.165) is 6.42 Å². The highest BCUT2D eigenvalue weighted by atomic mass is 127. The van der Waals surface area contributed by atoms with Gasteiger partial charge in [-0.05, 0) is 62.6 Å². The molecule has 1 aliphatic carbocycles. The van der Waals surface area contributed by atoms with Gasteiger partial charge in [0.05, 0.1) is 0 Å². The topological polar surface area (TPSA) is 0 Å². The van der Waals surface area contributed by atoms with Gasteiger partial charge in [0.1, 0.15) is 0 Å². The Kier molecular flexibility index (Phi) is 2.33. The number of hydrogen-bond donors (Lipinski definition) is 0. The first-order chi connectivity index (χ1) is 7.27. The normalized spacial score (nSPS) is 12.4. The Morgan fingerprint density at radius 1 is 1.00 bits per heavy atom. The molecule has 0 aliphatic heterocycles. The van der Waals surface area contributed by atoms with E-state index in [0.29, 0.717) is 0 Å². The minimum atomic E-state index is 1.08. The molecule has 0 N–H and O–H groups in total. The van der Waals surface area contributed by atoms with Gasteiger partial charge in [-0.3, -0.25) is 0 Å². The quantitative estimate of drug-likeness (QED) is 0.439. The first-order valence-electron chi connectivity index (χ1n) is 4.92. The molecule has 15 heavy (non-hydrogen) atoms. The molecule has 0 nitrogen and oxygen atoms in total. The van der Waals surface area contributed by atoms with Gasteiger partial charge in [0, 0.05) is 3.57 Å². The summed E-state index contributed by atoms with van der Waals surface area (Å²) in [7, 11) is 2.87. The summed E-state index contributed by atoms with van der Waals surface area (Å²) in [6.07, 6.45) is 1.08. The Bertz CT molecular complexity index is 546. The largest absolute Gasteiger partial charge is 0.104 e. The first-order valence-corrected chi connectivity index (χ1v) is 6.58. The molecule has 0 saturated heterocycles. The number of rotatable bonds is 0. The Labute approximate surface area is 105 Å². The highest BCUT2D eigenvalue weighted by molar-refractivity contribution is 14.1. The molecule has 2 aromatic rings. The van der Waals surface area contributed by atoms with Crippen LogP contribution in [0.4, 0.5) is 0 Å². The monoisotopic (exact) mass is 324 g/mol. The minimum absolute atomic E-state index is 1.08. The molecule has 2 aromatic carbocycles. The maximum Gasteiger partial charge on any atom is 0.0205 e. The van der Waals surface area contributed by atoms with Gasteiger partial charge in [0.2, 0.25) is 0 Å². The molecule has 0 bridgehead atoms. The molecule has 1 unspecified atom stereocenters. The lowest BCUT2D eigenvalue weighted by atomic mass is 10.1. The Balaban J connectivity index is 2.31. The van der Waals surface area contributed by atoms with Crippen molar-refractivity contribution in [3.8, 4) is 11.1 Å². The van der Waals surface area contributed by atoms with E-state index in [1.807, 2.05) is 0 Å². The molecule has 74 valence electrons. The van der Waals surface area contributed by atoms with Crippen LogP contribution in [-0.2, 0) is 6.42 Å². The molecule has 0 fully saturated rings. The smallest absolute Gasteiger partial charge is 0.0205 e. The van der Waals surface area contributed by atoms with E-state index in [1.165, 1.54) is 31.1 Å². The molecule has 0 aromatic heterocycles. The van der Waals surface area contributed by atoms with Crippen molar-refractivity contribution in [2.45, 2.75) is 6.42 Å². The molecule has 0 heterocycles. The SMILES string of the molecule is Pc1c(I)ccc2c1Cc1ccccc1-2. The molecule has 0 radical (unpaired) electrons. The average molecular weight is 324 g/mol. The summed E-state index contributed by atoms with van der Waals surface area (Å²) >= 11 is 2.40. The third kappa shape index (κ3) is 1.44. The van der Waals surface area contributed by atoms with Crippen molar-refractivity contribution >= 4 is 37.1 Å². The van der Waals surface area contributed by atoms with E-state index >= 15 is 0 Å². The highest BCUT2D eigenvalue weighted by Gasteiger charge is 2.19. The van der Waals surface area contributed by atoms with Crippen LogP contribution in [0.3, 0.4) is 0 Å². The molecule has 1 aliphatic rings. The zero-order valence-electron chi connectivity index (χ0n) is 8.13. The lowest BCUT2D eigenvalue weighted by molar-refractivity contribution is 1.28. The van der Waals surface area contributed by atoms with Gasteiger partial charge >= 0.3 is 0 Å². The van der Waals surface area contributed by atoms with Gasteiger partial charge in [-0.1, -0.05) is 30.3 Å².